The van der Waals surface area contributed by atoms with E-state index in [2.05, 4.69) is 24.9 Å². The monoisotopic (exact) mass is 317 g/mol. The highest BCUT2D eigenvalue weighted by molar-refractivity contribution is 5.85. The van der Waals surface area contributed by atoms with Crippen molar-refractivity contribution in [1.82, 2.24) is 4.98 Å². The average Bonchev–Trinajstić information content (AvgIpc) is 2.63. The molecule has 1 unspecified atom stereocenters. The number of fused-ring (bicyclic) bond motifs is 3. The predicted octanol–water partition coefficient (Wildman–Crippen LogP) is 5.65. The fourth-order valence-electron chi connectivity index (χ4n) is 2.49. The Kier molecular flexibility index (Phi) is 8.46. The van der Waals surface area contributed by atoms with Crippen molar-refractivity contribution in [2.45, 2.75) is 54.4 Å². The van der Waals surface area contributed by atoms with Crippen LogP contribution in [0, 0.1) is 5.92 Å². The first-order valence-corrected chi connectivity index (χ1v) is 8.95. The average molecular weight is 317 g/mol. The highest BCUT2D eigenvalue weighted by atomic mass is 16.5. The lowest BCUT2D eigenvalue weighted by Crippen LogP contribution is -2.18. The quantitative estimate of drug-likeness (QED) is 0.733. The van der Waals surface area contributed by atoms with Gasteiger partial charge in [-0.15, -0.1) is 0 Å². The van der Waals surface area contributed by atoms with E-state index in [9.17, 15) is 0 Å². The lowest BCUT2D eigenvalue weighted by molar-refractivity contribution is 0.234. The number of benzene rings is 1. The molecular formula is C20H31NO2. The molecule has 0 saturated carbocycles. The molecule has 3 nitrogen and oxygen atoms in total. The van der Waals surface area contributed by atoms with Crippen LogP contribution in [0.25, 0.3) is 10.9 Å². The summed E-state index contributed by atoms with van der Waals surface area (Å²) in [7, 11) is 0. The molecule has 1 aromatic heterocycles. The zero-order valence-corrected chi connectivity index (χ0v) is 15.5. The van der Waals surface area contributed by atoms with Crippen molar-refractivity contribution in [2.24, 2.45) is 5.92 Å². The van der Waals surface area contributed by atoms with Gasteiger partial charge in [0.15, 0.2) is 0 Å². The number of aromatic nitrogens is 1. The highest BCUT2D eigenvalue weighted by Crippen LogP contribution is 2.34. The van der Waals surface area contributed by atoms with Crippen molar-refractivity contribution in [3.8, 4) is 11.5 Å². The maximum Gasteiger partial charge on any atom is 0.141 e. The Morgan fingerprint density at radius 1 is 1.22 bits per heavy atom. The molecule has 0 amide bonds. The molecule has 1 aliphatic rings. The summed E-state index contributed by atoms with van der Waals surface area (Å²) in [6.07, 6.45) is 3.91. The first-order valence-electron chi connectivity index (χ1n) is 8.95. The number of pyridine rings is 1. The first-order chi connectivity index (χ1) is 11.3. The second-order valence-corrected chi connectivity index (χ2v) is 5.25. The number of nitrogens with zero attached hydrogens (tertiary/aromatic N) is 1. The zero-order chi connectivity index (χ0) is 17.2. The molecule has 0 saturated heterocycles. The summed E-state index contributed by atoms with van der Waals surface area (Å²) in [4.78, 5) is 4.46. The molecule has 0 bridgehead atoms. The summed E-state index contributed by atoms with van der Waals surface area (Å²) in [5, 5.41) is 1.16. The van der Waals surface area contributed by atoms with Crippen LogP contribution < -0.4 is 9.47 Å². The largest absolute Gasteiger partial charge is 0.494 e. The van der Waals surface area contributed by atoms with E-state index in [0.717, 1.165) is 48.5 Å². The molecule has 3 rings (SSSR count). The van der Waals surface area contributed by atoms with Gasteiger partial charge in [0.1, 0.15) is 11.5 Å². The van der Waals surface area contributed by atoms with Crippen LogP contribution in [0.5, 0.6) is 11.5 Å². The molecule has 2 heterocycles. The number of hydrogen-bond donors (Lipinski definition) is 0. The van der Waals surface area contributed by atoms with Gasteiger partial charge < -0.3 is 9.47 Å². The zero-order valence-electron chi connectivity index (χ0n) is 15.5. The van der Waals surface area contributed by atoms with Crippen molar-refractivity contribution in [2.75, 3.05) is 13.2 Å². The molecule has 23 heavy (non-hydrogen) atoms. The normalized spacial score (nSPS) is 15.3. The number of rotatable bonds is 3. The van der Waals surface area contributed by atoms with E-state index in [0.29, 0.717) is 5.92 Å². The van der Waals surface area contributed by atoms with E-state index < -0.39 is 0 Å². The number of hydrogen-bond acceptors (Lipinski definition) is 3. The van der Waals surface area contributed by atoms with Crippen LogP contribution in [-0.4, -0.2) is 18.2 Å². The van der Waals surface area contributed by atoms with E-state index in [1.54, 1.807) is 0 Å². The Balaban J connectivity index is 0.000000615. The van der Waals surface area contributed by atoms with Crippen molar-refractivity contribution < 1.29 is 9.47 Å². The molecule has 0 radical (unpaired) electrons. The molecule has 0 aliphatic carbocycles. The molecule has 1 atom stereocenters. The minimum absolute atomic E-state index is 0.554. The Morgan fingerprint density at radius 2 is 1.96 bits per heavy atom. The third-order valence-corrected chi connectivity index (χ3v) is 3.46. The van der Waals surface area contributed by atoms with Crippen molar-refractivity contribution in [3.05, 3.63) is 30.0 Å². The highest BCUT2D eigenvalue weighted by Gasteiger charge is 2.19. The molecule has 0 fully saturated rings. The topological polar surface area (TPSA) is 31.4 Å². The van der Waals surface area contributed by atoms with Gasteiger partial charge in [-0.05, 0) is 37.0 Å². The molecule has 2 aromatic rings. The van der Waals surface area contributed by atoms with Gasteiger partial charge in [-0.2, -0.15) is 0 Å². The minimum Gasteiger partial charge on any atom is -0.494 e. The maximum absolute atomic E-state index is 5.76. The van der Waals surface area contributed by atoms with Crippen LogP contribution >= 0.6 is 0 Å². The third-order valence-electron chi connectivity index (χ3n) is 3.46. The van der Waals surface area contributed by atoms with E-state index in [-0.39, 0.29) is 0 Å². The van der Waals surface area contributed by atoms with Gasteiger partial charge >= 0.3 is 0 Å². The van der Waals surface area contributed by atoms with Crippen molar-refractivity contribution in [3.63, 3.8) is 0 Å². The molecule has 1 aliphatic heterocycles. The smallest absolute Gasteiger partial charge is 0.141 e. The SMILES string of the molecule is CC.CC.CCCOc1ccc2ncc3c(c2c1)CC(C)CO3. The van der Waals surface area contributed by atoms with Crippen LogP contribution in [0.15, 0.2) is 24.4 Å². The van der Waals surface area contributed by atoms with Crippen LogP contribution in [-0.2, 0) is 6.42 Å². The molecule has 1 aromatic carbocycles. The maximum atomic E-state index is 5.76. The Bertz CT molecular complexity index is 595. The van der Waals surface area contributed by atoms with E-state index in [4.69, 9.17) is 9.47 Å². The lowest BCUT2D eigenvalue weighted by atomic mass is 9.95. The summed E-state index contributed by atoms with van der Waals surface area (Å²) in [5.41, 5.74) is 2.28. The van der Waals surface area contributed by atoms with Gasteiger partial charge in [-0.25, -0.2) is 0 Å². The summed E-state index contributed by atoms with van der Waals surface area (Å²) in [6.45, 7) is 13.9. The van der Waals surface area contributed by atoms with E-state index in [1.807, 2.05) is 46.0 Å². The minimum atomic E-state index is 0.554. The van der Waals surface area contributed by atoms with Crippen molar-refractivity contribution >= 4 is 10.9 Å². The molecule has 0 spiro atoms. The molecule has 0 N–H and O–H groups in total. The van der Waals surface area contributed by atoms with Gasteiger partial charge in [-0.3, -0.25) is 4.98 Å². The van der Waals surface area contributed by atoms with Gasteiger partial charge in [0.25, 0.3) is 0 Å². The Labute approximate surface area is 141 Å². The van der Waals surface area contributed by atoms with Gasteiger partial charge in [0, 0.05) is 10.9 Å². The van der Waals surface area contributed by atoms with Crippen LogP contribution in [0.2, 0.25) is 0 Å². The van der Waals surface area contributed by atoms with Gasteiger partial charge in [0.05, 0.1) is 24.9 Å². The third kappa shape index (κ3) is 4.85. The lowest BCUT2D eigenvalue weighted by Gasteiger charge is -2.23. The van der Waals surface area contributed by atoms with Crippen LogP contribution in [0.1, 0.15) is 53.5 Å². The predicted molar refractivity (Wildman–Crippen MR) is 98.6 cm³/mol. The Hall–Kier alpha value is -1.77. The van der Waals surface area contributed by atoms with Crippen molar-refractivity contribution in [1.29, 1.82) is 0 Å². The summed E-state index contributed by atoms with van der Waals surface area (Å²) in [5.74, 6) is 2.40. The fourth-order valence-corrected chi connectivity index (χ4v) is 2.49. The van der Waals surface area contributed by atoms with E-state index in [1.165, 1.54) is 5.56 Å². The fraction of sp³-hybridized carbons (Fsp3) is 0.550. The Morgan fingerprint density at radius 3 is 2.65 bits per heavy atom. The molecular weight excluding hydrogens is 286 g/mol. The summed E-state index contributed by atoms with van der Waals surface area (Å²) >= 11 is 0. The second-order valence-electron chi connectivity index (χ2n) is 5.25. The number of ether oxygens (including phenoxy) is 2. The van der Waals surface area contributed by atoms with Gasteiger partial charge in [0.2, 0.25) is 0 Å². The van der Waals surface area contributed by atoms with E-state index >= 15 is 0 Å². The standard InChI is InChI=1S/C16H19NO2.2C2H6/c1-3-6-18-12-4-5-15-13(8-12)14-7-11(2)10-19-16(14)9-17-15;2*1-2/h4-5,8-9,11H,3,6-7,10H2,1-2H3;2*1-2H3. The van der Waals surface area contributed by atoms with Gasteiger partial charge in [-0.1, -0.05) is 41.5 Å². The molecule has 3 heteroatoms. The van der Waals surface area contributed by atoms with Crippen LogP contribution in [0.3, 0.4) is 0 Å². The molecule has 128 valence electrons. The first kappa shape index (κ1) is 19.3. The second kappa shape index (κ2) is 10.1. The van der Waals surface area contributed by atoms with Crippen LogP contribution in [0.4, 0.5) is 0 Å². The summed E-state index contributed by atoms with van der Waals surface area (Å²) in [6, 6.07) is 6.11. The summed E-state index contributed by atoms with van der Waals surface area (Å²) < 4.78 is 11.5.